The smallest absolute Gasteiger partial charge is 0.134 e. The van der Waals surface area contributed by atoms with E-state index in [1.165, 1.54) is 25.7 Å². The van der Waals surface area contributed by atoms with Crippen LogP contribution in [0.5, 0.6) is 5.75 Å². The Kier molecular flexibility index (Phi) is 8.08. The molecule has 3 heteroatoms. The van der Waals surface area contributed by atoms with E-state index in [9.17, 15) is 0 Å². The van der Waals surface area contributed by atoms with Crippen molar-refractivity contribution in [1.29, 1.82) is 0 Å². The summed E-state index contributed by atoms with van der Waals surface area (Å²) in [4.78, 5) is 0. The highest BCUT2D eigenvalue weighted by Gasteiger charge is 2.06. The van der Waals surface area contributed by atoms with Crippen LogP contribution in [0.1, 0.15) is 46.5 Å². The molecule has 0 radical (unpaired) electrons. The van der Waals surface area contributed by atoms with Gasteiger partial charge in [-0.3, -0.25) is 0 Å². The Hall–Kier alpha value is -0.0200. The fraction of sp³-hybridized carbons (Fsp3) is 0.625. The molecule has 19 heavy (non-hydrogen) atoms. The maximum atomic E-state index is 5.88. The average molecular weight is 392 g/mol. The van der Waals surface area contributed by atoms with Gasteiger partial charge in [-0.25, -0.2) is 0 Å². The van der Waals surface area contributed by atoms with Crippen molar-refractivity contribution in [3.63, 3.8) is 0 Å². The second-order valence-electron chi connectivity index (χ2n) is 5.67. The summed E-state index contributed by atoms with van der Waals surface area (Å²) in [7, 11) is 0. The van der Waals surface area contributed by atoms with E-state index in [-0.39, 0.29) is 0 Å². The minimum absolute atomic E-state index is 0.609. The van der Waals surface area contributed by atoms with E-state index < -0.39 is 0 Å². The predicted molar refractivity (Wildman–Crippen MR) is 89.8 cm³/mol. The predicted octanol–water partition coefficient (Wildman–Crippen LogP) is 6.44. The van der Waals surface area contributed by atoms with Gasteiger partial charge in [0.15, 0.2) is 0 Å². The third-order valence-electron chi connectivity index (χ3n) is 3.15. The molecule has 0 bridgehead atoms. The summed E-state index contributed by atoms with van der Waals surface area (Å²) in [6, 6.07) is 6.02. The molecule has 1 atom stereocenters. The van der Waals surface area contributed by atoms with Gasteiger partial charge in [0.05, 0.1) is 11.1 Å². The van der Waals surface area contributed by atoms with Gasteiger partial charge in [0.2, 0.25) is 0 Å². The van der Waals surface area contributed by atoms with Gasteiger partial charge in [-0.1, -0.05) is 56.0 Å². The van der Waals surface area contributed by atoms with Crippen molar-refractivity contribution in [1.82, 2.24) is 0 Å². The number of halogens is 2. The fourth-order valence-corrected chi connectivity index (χ4v) is 2.65. The zero-order valence-electron chi connectivity index (χ0n) is 12.1. The minimum Gasteiger partial charge on any atom is -0.492 e. The molecule has 1 aromatic rings. The number of unbranched alkanes of at least 4 members (excludes halogenated alkanes) is 1. The standard InChI is InChI=1S/C16H24Br2O/c1-12(2)6-4-5-7-13(3)11-19-16-10-14(17)8-9-15(16)18/h8-10,12-13H,4-7,11H2,1-3H3. The van der Waals surface area contributed by atoms with Crippen LogP contribution in [0.25, 0.3) is 0 Å². The van der Waals surface area contributed by atoms with E-state index in [0.717, 1.165) is 27.2 Å². The van der Waals surface area contributed by atoms with E-state index in [0.29, 0.717) is 5.92 Å². The van der Waals surface area contributed by atoms with E-state index in [4.69, 9.17) is 4.74 Å². The first-order chi connectivity index (χ1) is 8.99. The Morgan fingerprint density at radius 3 is 2.42 bits per heavy atom. The number of ether oxygens (including phenoxy) is 1. The molecule has 0 heterocycles. The summed E-state index contributed by atoms with van der Waals surface area (Å²) in [5, 5.41) is 0. The lowest BCUT2D eigenvalue weighted by Gasteiger charge is -2.14. The third kappa shape index (κ3) is 7.36. The average Bonchev–Trinajstić information content (AvgIpc) is 2.35. The first-order valence-corrected chi connectivity index (χ1v) is 8.65. The first-order valence-electron chi connectivity index (χ1n) is 7.07. The van der Waals surface area contributed by atoms with Gasteiger partial charge in [0.25, 0.3) is 0 Å². The van der Waals surface area contributed by atoms with E-state index in [2.05, 4.69) is 52.6 Å². The van der Waals surface area contributed by atoms with E-state index in [1.807, 2.05) is 18.2 Å². The molecule has 1 nitrogen and oxygen atoms in total. The summed E-state index contributed by atoms with van der Waals surface area (Å²) in [5.74, 6) is 2.35. The van der Waals surface area contributed by atoms with Gasteiger partial charge < -0.3 is 4.74 Å². The third-order valence-corrected chi connectivity index (χ3v) is 4.29. The highest BCUT2D eigenvalue weighted by molar-refractivity contribution is 9.11. The fourth-order valence-electron chi connectivity index (χ4n) is 1.95. The molecule has 0 aliphatic carbocycles. The van der Waals surface area contributed by atoms with Gasteiger partial charge in [-0.15, -0.1) is 0 Å². The molecule has 0 saturated carbocycles. The first kappa shape index (κ1) is 17.0. The molecule has 0 aromatic heterocycles. The van der Waals surface area contributed by atoms with Crippen LogP contribution in [-0.4, -0.2) is 6.61 Å². The molecule has 1 unspecified atom stereocenters. The van der Waals surface area contributed by atoms with E-state index >= 15 is 0 Å². The maximum Gasteiger partial charge on any atom is 0.134 e. The van der Waals surface area contributed by atoms with Crippen molar-refractivity contribution in [3.05, 3.63) is 27.1 Å². The zero-order valence-corrected chi connectivity index (χ0v) is 15.3. The normalized spacial score (nSPS) is 12.7. The second-order valence-corrected chi connectivity index (χ2v) is 7.44. The summed E-state index contributed by atoms with van der Waals surface area (Å²) in [5.41, 5.74) is 0. The van der Waals surface area contributed by atoms with Crippen LogP contribution in [0.2, 0.25) is 0 Å². The SMILES string of the molecule is CC(C)CCCCC(C)COc1cc(Br)ccc1Br. The topological polar surface area (TPSA) is 9.23 Å². The van der Waals surface area contributed by atoms with Crippen LogP contribution in [0, 0.1) is 11.8 Å². The summed E-state index contributed by atoms with van der Waals surface area (Å²) in [6.45, 7) is 7.63. The van der Waals surface area contributed by atoms with Crippen LogP contribution in [-0.2, 0) is 0 Å². The molecular formula is C16H24Br2O. The largest absolute Gasteiger partial charge is 0.492 e. The molecule has 0 spiro atoms. The molecule has 1 aromatic carbocycles. The molecular weight excluding hydrogens is 368 g/mol. The number of rotatable bonds is 8. The van der Waals surface area contributed by atoms with Crippen molar-refractivity contribution in [2.24, 2.45) is 11.8 Å². The van der Waals surface area contributed by atoms with Crippen LogP contribution in [0.4, 0.5) is 0 Å². The van der Waals surface area contributed by atoms with Gasteiger partial charge in [0.1, 0.15) is 5.75 Å². The van der Waals surface area contributed by atoms with Crippen molar-refractivity contribution in [3.8, 4) is 5.75 Å². The lowest BCUT2D eigenvalue weighted by atomic mass is 10.0. The molecule has 0 aliphatic rings. The number of benzene rings is 1. The van der Waals surface area contributed by atoms with Crippen molar-refractivity contribution < 1.29 is 4.74 Å². The van der Waals surface area contributed by atoms with Gasteiger partial charge in [-0.2, -0.15) is 0 Å². The molecule has 108 valence electrons. The monoisotopic (exact) mass is 390 g/mol. The maximum absolute atomic E-state index is 5.88. The van der Waals surface area contributed by atoms with Gasteiger partial charge in [-0.05, 0) is 52.4 Å². The Morgan fingerprint density at radius 2 is 1.74 bits per heavy atom. The summed E-state index contributed by atoms with van der Waals surface area (Å²) >= 11 is 6.98. The number of hydrogen-bond donors (Lipinski definition) is 0. The molecule has 0 fully saturated rings. The van der Waals surface area contributed by atoms with Gasteiger partial charge >= 0.3 is 0 Å². The lowest BCUT2D eigenvalue weighted by Crippen LogP contribution is -2.09. The van der Waals surface area contributed by atoms with Crippen LogP contribution in [0.15, 0.2) is 27.1 Å². The zero-order chi connectivity index (χ0) is 14.3. The van der Waals surface area contributed by atoms with E-state index in [1.54, 1.807) is 0 Å². The van der Waals surface area contributed by atoms with Crippen molar-refractivity contribution in [2.45, 2.75) is 46.5 Å². The summed E-state index contributed by atoms with van der Waals surface area (Å²) < 4.78 is 7.95. The van der Waals surface area contributed by atoms with Crippen molar-refractivity contribution in [2.75, 3.05) is 6.61 Å². The summed E-state index contributed by atoms with van der Waals surface area (Å²) in [6.07, 6.45) is 5.23. The second kappa shape index (κ2) is 9.02. The number of hydrogen-bond acceptors (Lipinski definition) is 1. The molecule has 1 rings (SSSR count). The Morgan fingerprint density at radius 1 is 1.05 bits per heavy atom. The molecule has 0 N–H and O–H groups in total. The molecule has 0 aliphatic heterocycles. The Balaban J connectivity index is 2.26. The quantitative estimate of drug-likeness (QED) is 0.463. The Labute approximate surface area is 134 Å². The Bertz CT molecular complexity index is 377. The van der Waals surface area contributed by atoms with Crippen LogP contribution >= 0.6 is 31.9 Å². The van der Waals surface area contributed by atoms with Crippen molar-refractivity contribution >= 4 is 31.9 Å². The van der Waals surface area contributed by atoms with Gasteiger partial charge in [0, 0.05) is 4.47 Å². The van der Waals surface area contributed by atoms with Crippen LogP contribution in [0.3, 0.4) is 0 Å². The highest BCUT2D eigenvalue weighted by atomic mass is 79.9. The molecule has 0 amide bonds. The highest BCUT2D eigenvalue weighted by Crippen LogP contribution is 2.29. The minimum atomic E-state index is 0.609. The molecule has 0 saturated heterocycles. The lowest BCUT2D eigenvalue weighted by molar-refractivity contribution is 0.247. The van der Waals surface area contributed by atoms with Crippen LogP contribution < -0.4 is 4.74 Å².